The van der Waals surface area contributed by atoms with E-state index in [1.807, 2.05) is 13.8 Å². The summed E-state index contributed by atoms with van der Waals surface area (Å²) < 4.78 is 34.1. The van der Waals surface area contributed by atoms with Crippen molar-refractivity contribution < 1.29 is 13.2 Å². The number of hydrogen-bond donors (Lipinski definition) is 1. The average molecular weight is 394 g/mol. The molecule has 0 bridgehead atoms. The van der Waals surface area contributed by atoms with Crippen LogP contribution in [0, 0.1) is 13.8 Å². The predicted octanol–water partition coefficient (Wildman–Crippen LogP) is 4.55. The number of thiophene rings is 1. The van der Waals surface area contributed by atoms with Gasteiger partial charge in [-0.3, -0.25) is 0 Å². The Morgan fingerprint density at radius 1 is 1.15 bits per heavy atom. The molecule has 1 N–H and O–H groups in total. The van der Waals surface area contributed by atoms with E-state index >= 15 is 0 Å². The van der Waals surface area contributed by atoms with Crippen LogP contribution in [-0.2, 0) is 15.4 Å². The number of aryl methyl sites for hydroxylation is 2. The number of benzene rings is 1. The zero-order valence-corrected chi connectivity index (χ0v) is 17.3. The largest absolute Gasteiger partial charge is 0.496 e. The van der Waals surface area contributed by atoms with Crippen LogP contribution in [0.2, 0.25) is 0 Å². The molecule has 0 unspecified atom stereocenters. The van der Waals surface area contributed by atoms with Crippen LogP contribution in [0.5, 0.6) is 5.75 Å². The smallest absolute Gasteiger partial charge is 0.240 e. The molecule has 1 aromatic heterocycles. The lowest BCUT2D eigenvalue weighted by molar-refractivity contribution is 0.298. The second kappa shape index (κ2) is 7.71. The van der Waals surface area contributed by atoms with E-state index < -0.39 is 10.0 Å². The van der Waals surface area contributed by atoms with E-state index in [-0.39, 0.29) is 5.41 Å². The highest BCUT2D eigenvalue weighted by Gasteiger charge is 2.36. The number of nitrogens with one attached hydrogen (secondary N) is 1. The van der Waals surface area contributed by atoms with Gasteiger partial charge in [0, 0.05) is 16.8 Å². The van der Waals surface area contributed by atoms with Gasteiger partial charge in [-0.2, -0.15) is 0 Å². The lowest BCUT2D eigenvalue weighted by atomic mass is 9.73. The minimum atomic E-state index is -3.56. The molecule has 1 aliphatic rings. The summed E-state index contributed by atoms with van der Waals surface area (Å²) in [5.74, 6) is 0.742. The van der Waals surface area contributed by atoms with Gasteiger partial charge >= 0.3 is 0 Å². The molecule has 4 nitrogen and oxygen atoms in total. The van der Waals surface area contributed by atoms with Crippen molar-refractivity contribution in [3.63, 3.8) is 0 Å². The van der Waals surface area contributed by atoms with Crippen LogP contribution < -0.4 is 9.46 Å². The second-order valence-electron chi connectivity index (χ2n) is 7.23. The third-order valence-electron chi connectivity index (χ3n) is 5.40. The van der Waals surface area contributed by atoms with Crippen LogP contribution in [0.25, 0.3) is 0 Å². The molecule has 0 aliphatic heterocycles. The number of hydrogen-bond acceptors (Lipinski definition) is 4. The van der Waals surface area contributed by atoms with Crippen molar-refractivity contribution in [2.45, 2.75) is 56.3 Å². The van der Waals surface area contributed by atoms with Crippen LogP contribution in [0.1, 0.15) is 48.1 Å². The Bertz CT molecular complexity index is 828. The number of methoxy groups -OCH3 is 1. The lowest BCUT2D eigenvalue weighted by Gasteiger charge is -2.36. The molecule has 1 aliphatic carbocycles. The highest BCUT2D eigenvalue weighted by Crippen LogP contribution is 2.41. The third kappa shape index (κ3) is 3.82. The lowest BCUT2D eigenvalue weighted by Crippen LogP contribution is -2.41. The summed E-state index contributed by atoms with van der Waals surface area (Å²) >= 11 is 1.73. The van der Waals surface area contributed by atoms with Crippen molar-refractivity contribution >= 4 is 21.4 Å². The molecule has 3 rings (SSSR count). The molecule has 0 saturated heterocycles. The van der Waals surface area contributed by atoms with E-state index in [1.54, 1.807) is 30.6 Å². The van der Waals surface area contributed by atoms with Crippen LogP contribution in [0.3, 0.4) is 0 Å². The molecule has 26 heavy (non-hydrogen) atoms. The van der Waals surface area contributed by atoms with E-state index in [9.17, 15) is 8.42 Å². The van der Waals surface area contributed by atoms with Gasteiger partial charge in [0.1, 0.15) is 5.75 Å². The molecule has 1 heterocycles. The van der Waals surface area contributed by atoms with Crippen LogP contribution in [0.15, 0.2) is 34.5 Å². The summed E-state index contributed by atoms with van der Waals surface area (Å²) in [5, 5.41) is 2.08. The van der Waals surface area contributed by atoms with Crippen molar-refractivity contribution in [3.8, 4) is 5.75 Å². The quantitative estimate of drug-likeness (QED) is 0.783. The first kappa shape index (κ1) is 19.4. The van der Waals surface area contributed by atoms with Crippen LogP contribution >= 0.6 is 11.3 Å². The molecule has 1 saturated carbocycles. The second-order valence-corrected chi connectivity index (χ2v) is 9.95. The zero-order valence-electron chi connectivity index (χ0n) is 15.7. The Labute approximate surface area is 160 Å². The topological polar surface area (TPSA) is 55.4 Å². The Balaban J connectivity index is 1.85. The van der Waals surface area contributed by atoms with Crippen LogP contribution in [-0.4, -0.2) is 22.1 Å². The molecule has 142 valence electrons. The summed E-state index contributed by atoms with van der Waals surface area (Å²) in [6.07, 6.45) is 5.62. The van der Waals surface area contributed by atoms with Gasteiger partial charge in [0.2, 0.25) is 10.0 Å². The van der Waals surface area contributed by atoms with Gasteiger partial charge in [-0.05, 0) is 61.4 Å². The highest BCUT2D eigenvalue weighted by molar-refractivity contribution is 7.89. The summed E-state index contributed by atoms with van der Waals surface area (Å²) in [5.41, 5.74) is 1.59. The first-order valence-corrected chi connectivity index (χ1v) is 11.4. The standard InChI is InChI=1S/C20H27NO3S2/c1-15-12-17(13-16(2)19(15)24-3)26(22,23)21-14-20(9-5-4-6-10-20)18-8-7-11-25-18/h7-8,11-13,21H,4-6,9-10,14H2,1-3H3. The highest BCUT2D eigenvalue weighted by atomic mass is 32.2. The zero-order chi connectivity index (χ0) is 18.8. The maximum absolute atomic E-state index is 12.9. The number of sulfonamides is 1. The normalized spacial score (nSPS) is 17.2. The van der Waals surface area contributed by atoms with Gasteiger partial charge in [-0.25, -0.2) is 13.1 Å². The molecule has 0 spiro atoms. The Morgan fingerprint density at radius 3 is 2.35 bits per heavy atom. The fourth-order valence-electron chi connectivity index (χ4n) is 4.02. The molecular weight excluding hydrogens is 366 g/mol. The molecule has 2 aromatic rings. The molecule has 0 amide bonds. The fraction of sp³-hybridized carbons (Fsp3) is 0.500. The maximum atomic E-state index is 12.9. The first-order valence-electron chi connectivity index (χ1n) is 9.07. The summed E-state index contributed by atoms with van der Waals surface area (Å²) in [4.78, 5) is 1.60. The Hall–Kier alpha value is -1.37. The van der Waals surface area contributed by atoms with Crippen molar-refractivity contribution in [2.75, 3.05) is 13.7 Å². The number of ether oxygens (including phenoxy) is 1. The Kier molecular flexibility index (Phi) is 5.75. The van der Waals surface area contributed by atoms with Gasteiger partial charge < -0.3 is 4.74 Å². The number of rotatable bonds is 6. The van der Waals surface area contributed by atoms with E-state index in [4.69, 9.17) is 4.74 Å². The monoisotopic (exact) mass is 393 g/mol. The van der Waals surface area contributed by atoms with Gasteiger partial charge in [0.25, 0.3) is 0 Å². The van der Waals surface area contributed by atoms with E-state index in [0.29, 0.717) is 11.4 Å². The van der Waals surface area contributed by atoms with Gasteiger partial charge in [0.15, 0.2) is 0 Å². The van der Waals surface area contributed by atoms with E-state index in [1.165, 1.54) is 11.3 Å². The van der Waals surface area contributed by atoms with Crippen molar-refractivity contribution in [1.82, 2.24) is 4.72 Å². The average Bonchev–Trinajstić information content (AvgIpc) is 3.16. The van der Waals surface area contributed by atoms with Gasteiger partial charge in [-0.1, -0.05) is 25.3 Å². The minimum Gasteiger partial charge on any atom is -0.496 e. The van der Waals surface area contributed by atoms with Crippen molar-refractivity contribution in [3.05, 3.63) is 45.6 Å². The van der Waals surface area contributed by atoms with Crippen molar-refractivity contribution in [2.24, 2.45) is 0 Å². The first-order chi connectivity index (χ1) is 12.4. The molecule has 1 fully saturated rings. The molecule has 0 radical (unpaired) electrons. The summed E-state index contributed by atoms with van der Waals surface area (Å²) in [6.45, 7) is 4.21. The molecule has 0 atom stereocenters. The molecule has 1 aromatic carbocycles. The van der Waals surface area contributed by atoms with Crippen LogP contribution in [0.4, 0.5) is 0 Å². The summed E-state index contributed by atoms with van der Waals surface area (Å²) in [6, 6.07) is 7.58. The van der Waals surface area contributed by atoms with Gasteiger partial charge in [0.05, 0.1) is 12.0 Å². The fourth-order valence-corrected chi connectivity index (χ4v) is 6.31. The minimum absolute atomic E-state index is 0.0734. The SMILES string of the molecule is COc1c(C)cc(S(=O)(=O)NCC2(c3cccs3)CCCCC2)cc1C. The van der Waals surface area contributed by atoms with E-state index in [2.05, 4.69) is 22.2 Å². The summed E-state index contributed by atoms with van der Waals surface area (Å²) in [7, 11) is -1.95. The van der Waals surface area contributed by atoms with Crippen molar-refractivity contribution in [1.29, 1.82) is 0 Å². The molecular formula is C20H27NO3S2. The predicted molar refractivity (Wildman–Crippen MR) is 107 cm³/mol. The van der Waals surface area contributed by atoms with Gasteiger partial charge in [-0.15, -0.1) is 11.3 Å². The van der Waals surface area contributed by atoms with E-state index in [0.717, 1.165) is 42.6 Å². The maximum Gasteiger partial charge on any atom is 0.240 e. The third-order valence-corrected chi connectivity index (χ3v) is 7.90. The Morgan fingerprint density at radius 2 is 1.81 bits per heavy atom. The molecule has 6 heteroatoms.